The minimum absolute atomic E-state index is 0.00341. The second-order valence-corrected chi connectivity index (χ2v) is 7.62. The van der Waals surface area contributed by atoms with Crippen LogP contribution in [0.4, 0.5) is 0 Å². The summed E-state index contributed by atoms with van der Waals surface area (Å²) in [5.41, 5.74) is 1.12. The third kappa shape index (κ3) is 5.47. The van der Waals surface area contributed by atoms with Crippen molar-refractivity contribution < 1.29 is 14.0 Å². The minimum Gasteiger partial charge on any atom is -0.493 e. The van der Waals surface area contributed by atoms with E-state index in [0.29, 0.717) is 25.0 Å². The van der Waals surface area contributed by atoms with Crippen molar-refractivity contribution in [3.63, 3.8) is 0 Å². The van der Waals surface area contributed by atoms with E-state index in [0.717, 1.165) is 35.7 Å². The van der Waals surface area contributed by atoms with Crippen molar-refractivity contribution in [2.24, 2.45) is 0 Å². The first-order chi connectivity index (χ1) is 13.7. The quantitative estimate of drug-likeness (QED) is 0.568. The molecule has 1 aromatic heterocycles. The van der Waals surface area contributed by atoms with E-state index in [1.54, 1.807) is 7.11 Å². The highest BCUT2D eigenvalue weighted by Gasteiger charge is 2.22. The van der Waals surface area contributed by atoms with Crippen LogP contribution in [0.5, 0.6) is 11.5 Å². The molecule has 0 amide bonds. The van der Waals surface area contributed by atoms with Crippen LogP contribution in [0.3, 0.4) is 0 Å². The largest absolute Gasteiger partial charge is 0.493 e. The SMILES string of the molecule is CCCCOc1ccc(CNC(C)c2nc(C3CCCCC3)no2)cc1OC. The highest BCUT2D eigenvalue weighted by atomic mass is 16.5. The molecule has 6 heteroatoms. The molecule has 1 fully saturated rings. The Kier molecular flexibility index (Phi) is 7.71. The normalized spacial score (nSPS) is 16.1. The Morgan fingerprint density at radius 3 is 2.79 bits per heavy atom. The lowest BCUT2D eigenvalue weighted by Gasteiger charge is -2.17. The fourth-order valence-electron chi connectivity index (χ4n) is 3.58. The van der Waals surface area contributed by atoms with Gasteiger partial charge in [-0.1, -0.05) is 43.8 Å². The molecule has 1 heterocycles. The summed E-state index contributed by atoms with van der Waals surface area (Å²) in [7, 11) is 1.67. The first-order valence-corrected chi connectivity index (χ1v) is 10.6. The van der Waals surface area contributed by atoms with E-state index >= 15 is 0 Å². The van der Waals surface area contributed by atoms with Crippen LogP contribution >= 0.6 is 0 Å². The zero-order chi connectivity index (χ0) is 19.8. The molecule has 0 spiro atoms. The Bertz CT molecular complexity index is 726. The van der Waals surface area contributed by atoms with Crippen LogP contribution in [-0.4, -0.2) is 23.9 Å². The first-order valence-electron chi connectivity index (χ1n) is 10.6. The summed E-state index contributed by atoms with van der Waals surface area (Å²) in [4.78, 5) is 4.65. The van der Waals surface area contributed by atoms with E-state index < -0.39 is 0 Å². The Morgan fingerprint density at radius 1 is 1.21 bits per heavy atom. The number of nitrogens with zero attached hydrogens (tertiary/aromatic N) is 2. The van der Waals surface area contributed by atoms with Gasteiger partial charge in [-0.15, -0.1) is 0 Å². The molecule has 0 radical (unpaired) electrons. The van der Waals surface area contributed by atoms with Crippen LogP contribution in [-0.2, 0) is 6.54 Å². The molecule has 28 heavy (non-hydrogen) atoms. The van der Waals surface area contributed by atoms with E-state index in [9.17, 15) is 0 Å². The number of ether oxygens (including phenoxy) is 2. The Morgan fingerprint density at radius 2 is 2.04 bits per heavy atom. The number of rotatable bonds is 10. The van der Waals surface area contributed by atoms with Gasteiger partial charge in [-0.3, -0.25) is 0 Å². The highest BCUT2D eigenvalue weighted by Crippen LogP contribution is 2.31. The maximum absolute atomic E-state index is 5.80. The molecule has 0 aliphatic heterocycles. The fraction of sp³-hybridized carbons (Fsp3) is 0.636. The molecular formula is C22H33N3O3. The molecular weight excluding hydrogens is 354 g/mol. The molecule has 0 bridgehead atoms. The topological polar surface area (TPSA) is 69.4 Å². The van der Waals surface area contributed by atoms with Crippen molar-refractivity contribution in [3.8, 4) is 11.5 Å². The monoisotopic (exact) mass is 387 g/mol. The second kappa shape index (κ2) is 10.5. The highest BCUT2D eigenvalue weighted by molar-refractivity contribution is 5.43. The fourth-order valence-corrected chi connectivity index (χ4v) is 3.58. The zero-order valence-corrected chi connectivity index (χ0v) is 17.4. The summed E-state index contributed by atoms with van der Waals surface area (Å²) in [5, 5.41) is 7.69. The molecule has 1 aromatic carbocycles. The van der Waals surface area contributed by atoms with Crippen LogP contribution in [0.25, 0.3) is 0 Å². The van der Waals surface area contributed by atoms with Crippen molar-refractivity contribution in [3.05, 3.63) is 35.5 Å². The lowest BCUT2D eigenvalue weighted by Crippen LogP contribution is -2.18. The van der Waals surface area contributed by atoms with E-state index in [2.05, 4.69) is 35.4 Å². The van der Waals surface area contributed by atoms with Gasteiger partial charge in [0.2, 0.25) is 5.89 Å². The number of methoxy groups -OCH3 is 1. The van der Waals surface area contributed by atoms with Gasteiger partial charge in [-0.2, -0.15) is 4.98 Å². The summed E-state index contributed by atoms with van der Waals surface area (Å²) in [6.45, 7) is 5.60. The third-order valence-electron chi connectivity index (χ3n) is 5.39. The standard InChI is InChI=1S/C22H33N3O3/c1-4-5-13-27-19-12-11-17(14-20(19)26-3)15-23-16(2)22-24-21(25-28-22)18-9-7-6-8-10-18/h11-12,14,16,18,23H,4-10,13,15H2,1-3H3. The molecule has 1 saturated carbocycles. The Hall–Kier alpha value is -2.08. The minimum atomic E-state index is -0.00341. The molecule has 154 valence electrons. The van der Waals surface area contributed by atoms with Gasteiger partial charge in [0.05, 0.1) is 19.8 Å². The lowest BCUT2D eigenvalue weighted by molar-refractivity contribution is 0.288. The van der Waals surface area contributed by atoms with Gasteiger partial charge in [0.15, 0.2) is 17.3 Å². The Labute approximate surface area is 168 Å². The zero-order valence-electron chi connectivity index (χ0n) is 17.4. The summed E-state index contributed by atoms with van der Waals surface area (Å²) >= 11 is 0. The number of nitrogens with one attached hydrogen (secondary N) is 1. The molecule has 1 aliphatic carbocycles. The molecule has 1 atom stereocenters. The van der Waals surface area contributed by atoms with Crippen LogP contribution in [0, 0.1) is 0 Å². The maximum atomic E-state index is 5.80. The van der Waals surface area contributed by atoms with Crippen molar-refractivity contribution >= 4 is 0 Å². The first kappa shape index (κ1) is 20.6. The molecule has 3 rings (SSSR count). The van der Waals surface area contributed by atoms with Crippen molar-refractivity contribution in [1.29, 1.82) is 0 Å². The second-order valence-electron chi connectivity index (χ2n) is 7.62. The van der Waals surface area contributed by atoms with Crippen molar-refractivity contribution in [2.45, 2.75) is 77.3 Å². The van der Waals surface area contributed by atoms with Crippen LogP contribution < -0.4 is 14.8 Å². The molecule has 0 saturated heterocycles. The van der Waals surface area contributed by atoms with Crippen LogP contribution in [0.2, 0.25) is 0 Å². The number of benzene rings is 1. The molecule has 2 aromatic rings. The summed E-state index contributed by atoms with van der Waals surface area (Å²) in [5.74, 6) is 3.55. The number of hydrogen-bond acceptors (Lipinski definition) is 6. The van der Waals surface area contributed by atoms with E-state index in [4.69, 9.17) is 14.0 Å². The summed E-state index contributed by atoms with van der Waals surface area (Å²) in [6.07, 6.45) is 8.35. The number of hydrogen-bond donors (Lipinski definition) is 1. The predicted octanol–water partition coefficient (Wildman–Crippen LogP) is 5.16. The maximum Gasteiger partial charge on any atom is 0.243 e. The van der Waals surface area contributed by atoms with Gasteiger partial charge in [0.25, 0.3) is 0 Å². The molecule has 1 unspecified atom stereocenters. The van der Waals surface area contributed by atoms with Crippen LogP contribution in [0.1, 0.15) is 88.0 Å². The van der Waals surface area contributed by atoms with E-state index in [-0.39, 0.29) is 6.04 Å². The van der Waals surface area contributed by atoms with Crippen molar-refractivity contribution in [1.82, 2.24) is 15.5 Å². The van der Waals surface area contributed by atoms with Crippen LogP contribution in [0.15, 0.2) is 22.7 Å². The van der Waals surface area contributed by atoms with Gasteiger partial charge in [-0.05, 0) is 43.9 Å². The molecule has 1 aliphatic rings. The van der Waals surface area contributed by atoms with Gasteiger partial charge in [-0.25, -0.2) is 0 Å². The average molecular weight is 388 g/mol. The van der Waals surface area contributed by atoms with Gasteiger partial charge >= 0.3 is 0 Å². The van der Waals surface area contributed by atoms with Gasteiger partial charge in [0.1, 0.15) is 0 Å². The summed E-state index contributed by atoms with van der Waals surface area (Å²) < 4.78 is 16.8. The van der Waals surface area contributed by atoms with E-state index in [1.165, 1.54) is 32.1 Å². The smallest absolute Gasteiger partial charge is 0.243 e. The molecule has 6 nitrogen and oxygen atoms in total. The number of unbranched alkanes of at least 4 members (excludes halogenated alkanes) is 1. The lowest BCUT2D eigenvalue weighted by atomic mass is 9.89. The summed E-state index contributed by atoms with van der Waals surface area (Å²) in [6, 6.07) is 6.05. The predicted molar refractivity (Wildman–Crippen MR) is 109 cm³/mol. The van der Waals surface area contributed by atoms with Gasteiger partial charge < -0.3 is 19.3 Å². The number of aromatic nitrogens is 2. The van der Waals surface area contributed by atoms with Crippen molar-refractivity contribution in [2.75, 3.05) is 13.7 Å². The van der Waals surface area contributed by atoms with E-state index in [1.807, 2.05) is 12.1 Å². The average Bonchev–Trinajstić information content (AvgIpc) is 3.24. The third-order valence-corrected chi connectivity index (χ3v) is 5.39. The molecule has 1 N–H and O–H groups in total. The van der Waals surface area contributed by atoms with Gasteiger partial charge in [0, 0.05) is 12.5 Å². The Balaban J connectivity index is 1.55.